The highest BCUT2D eigenvalue weighted by atomic mass is 32.1. The minimum atomic E-state index is -1.05. The van der Waals surface area contributed by atoms with Crippen molar-refractivity contribution in [1.29, 1.82) is 0 Å². The standard InChI is InChI=1S/C9H5FO2S2/c10-5-3-14-8-4(9(11)12)1-2-6(13)7(5)8/h1-3,13H,(H,11,12). The van der Waals surface area contributed by atoms with Gasteiger partial charge in [0, 0.05) is 15.7 Å². The number of carboxylic acids is 1. The van der Waals surface area contributed by atoms with Crippen molar-refractivity contribution < 1.29 is 14.3 Å². The average Bonchev–Trinajstić information content (AvgIpc) is 2.49. The lowest BCUT2D eigenvalue weighted by Gasteiger charge is -1.99. The van der Waals surface area contributed by atoms with Crippen LogP contribution in [-0.4, -0.2) is 11.1 Å². The smallest absolute Gasteiger partial charge is 0.337 e. The fourth-order valence-corrected chi connectivity index (χ4v) is 2.58. The molecule has 0 saturated carbocycles. The van der Waals surface area contributed by atoms with E-state index in [9.17, 15) is 9.18 Å². The predicted molar refractivity (Wildman–Crippen MR) is 56.0 cm³/mol. The summed E-state index contributed by atoms with van der Waals surface area (Å²) in [7, 11) is 0. The Bertz CT molecular complexity index is 519. The highest BCUT2D eigenvalue weighted by Gasteiger charge is 2.14. The Balaban J connectivity index is 2.90. The van der Waals surface area contributed by atoms with E-state index in [1.165, 1.54) is 17.5 Å². The van der Waals surface area contributed by atoms with Crippen LogP contribution in [-0.2, 0) is 0 Å². The van der Waals surface area contributed by atoms with Gasteiger partial charge in [0.15, 0.2) is 0 Å². The van der Waals surface area contributed by atoms with E-state index in [1.54, 1.807) is 0 Å². The Morgan fingerprint density at radius 3 is 2.86 bits per heavy atom. The van der Waals surface area contributed by atoms with E-state index in [0.717, 1.165) is 11.3 Å². The van der Waals surface area contributed by atoms with Crippen molar-refractivity contribution in [2.75, 3.05) is 0 Å². The van der Waals surface area contributed by atoms with Gasteiger partial charge >= 0.3 is 5.97 Å². The maximum atomic E-state index is 13.2. The molecule has 2 aromatic rings. The molecule has 1 heterocycles. The van der Waals surface area contributed by atoms with Gasteiger partial charge < -0.3 is 5.11 Å². The van der Waals surface area contributed by atoms with Crippen molar-refractivity contribution in [3.05, 3.63) is 28.9 Å². The van der Waals surface area contributed by atoms with Crippen molar-refractivity contribution in [3.63, 3.8) is 0 Å². The second-order valence-corrected chi connectivity index (χ2v) is 4.09. The summed E-state index contributed by atoms with van der Waals surface area (Å²) in [6.07, 6.45) is 0. The molecular formula is C9H5FO2S2. The van der Waals surface area contributed by atoms with Gasteiger partial charge in [0.1, 0.15) is 5.82 Å². The van der Waals surface area contributed by atoms with Crippen LogP contribution in [0.5, 0.6) is 0 Å². The number of benzene rings is 1. The van der Waals surface area contributed by atoms with Crippen molar-refractivity contribution >= 4 is 40.0 Å². The lowest BCUT2D eigenvalue weighted by molar-refractivity contribution is 0.0699. The zero-order chi connectivity index (χ0) is 10.3. The normalized spacial score (nSPS) is 10.7. The summed E-state index contributed by atoms with van der Waals surface area (Å²) in [4.78, 5) is 11.3. The summed E-state index contributed by atoms with van der Waals surface area (Å²) in [6.45, 7) is 0. The summed E-state index contributed by atoms with van der Waals surface area (Å²) in [5.41, 5.74) is 0.117. The number of hydrogen-bond acceptors (Lipinski definition) is 3. The van der Waals surface area contributed by atoms with E-state index in [-0.39, 0.29) is 5.56 Å². The second-order valence-electron chi connectivity index (χ2n) is 2.73. The molecule has 0 bridgehead atoms. The van der Waals surface area contributed by atoms with Crippen LogP contribution in [0.3, 0.4) is 0 Å². The summed E-state index contributed by atoms with van der Waals surface area (Å²) in [6, 6.07) is 2.92. The number of fused-ring (bicyclic) bond motifs is 1. The highest BCUT2D eigenvalue weighted by molar-refractivity contribution is 7.80. The van der Waals surface area contributed by atoms with Gasteiger partial charge in [-0.15, -0.1) is 24.0 Å². The molecule has 0 fully saturated rings. The van der Waals surface area contributed by atoms with E-state index in [0.29, 0.717) is 15.0 Å². The number of carbonyl (C=O) groups is 1. The van der Waals surface area contributed by atoms with Gasteiger partial charge in [0.25, 0.3) is 0 Å². The third kappa shape index (κ3) is 1.29. The number of thiol groups is 1. The number of halogens is 1. The quantitative estimate of drug-likeness (QED) is 0.736. The first kappa shape index (κ1) is 9.48. The van der Waals surface area contributed by atoms with Crippen LogP contribution in [0.25, 0.3) is 10.1 Å². The van der Waals surface area contributed by atoms with Gasteiger partial charge in [0.2, 0.25) is 0 Å². The highest BCUT2D eigenvalue weighted by Crippen LogP contribution is 2.32. The van der Waals surface area contributed by atoms with Crippen LogP contribution in [0.15, 0.2) is 22.4 Å². The molecule has 0 aliphatic heterocycles. The molecule has 72 valence electrons. The fraction of sp³-hybridized carbons (Fsp3) is 0. The SMILES string of the molecule is O=C(O)c1ccc(S)c2c(F)csc12. The largest absolute Gasteiger partial charge is 0.478 e. The molecule has 2 nitrogen and oxygen atoms in total. The van der Waals surface area contributed by atoms with Gasteiger partial charge in [-0.3, -0.25) is 0 Å². The first-order valence-electron chi connectivity index (χ1n) is 3.73. The summed E-state index contributed by atoms with van der Waals surface area (Å²) < 4.78 is 13.7. The van der Waals surface area contributed by atoms with Crippen molar-refractivity contribution in [1.82, 2.24) is 0 Å². The van der Waals surface area contributed by atoms with Gasteiger partial charge in [-0.25, -0.2) is 9.18 Å². The molecule has 2 rings (SSSR count). The molecule has 0 spiro atoms. The summed E-state index contributed by atoms with van der Waals surface area (Å²) in [5.74, 6) is -1.47. The number of hydrogen-bond donors (Lipinski definition) is 2. The molecule has 1 N–H and O–H groups in total. The molecule has 0 aliphatic rings. The molecule has 14 heavy (non-hydrogen) atoms. The number of aromatic carboxylic acids is 1. The zero-order valence-corrected chi connectivity index (χ0v) is 8.53. The maximum Gasteiger partial charge on any atom is 0.337 e. The first-order valence-corrected chi connectivity index (χ1v) is 5.06. The third-order valence-electron chi connectivity index (χ3n) is 1.89. The van der Waals surface area contributed by atoms with Crippen molar-refractivity contribution in [3.8, 4) is 0 Å². The van der Waals surface area contributed by atoms with E-state index >= 15 is 0 Å². The van der Waals surface area contributed by atoms with Crippen molar-refractivity contribution in [2.24, 2.45) is 0 Å². The van der Waals surface area contributed by atoms with E-state index in [1.807, 2.05) is 0 Å². The van der Waals surface area contributed by atoms with Crippen LogP contribution in [0.2, 0.25) is 0 Å². The molecule has 0 unspecified atom stereocenters. The molecule has 0 saturated heterocycles. The Labute approximate surface area is 88.4 Å². The Hall–Kier alpha value is -1.07. The molecule has 1 aromatic carbocycles. The van der Waals surface area contributed by atoms with Gasteiger partial charge in [-0.2, -0.15) is 0 Å². The van der Waals surface area contributed by atoms with Crippen molar-refractivity contribution in [2.45, 2.75) is 4.90 Å². The molecule has 0 radical (unpaired) electrons. The molecule has 1 aromatic heterocycles. The third-order valence-corrected chi connectivity index (χ3v) is 3.24. The van der Waals surface area contributed by atoms with Gasteiger partial charge in [-0.05, 0) is 12.1 Å². The monoisotopic (exact) mass is 228 g/mol. The summed E-state index contributed by atoms with van der Waals surface area (Å²) >= 11 is 5.15. The molecular weight excluding hydrogens is 223 g/mol. The van der Waals surface area contributed by atoms with E-state index in [2.05, 4.69) is 12.6 Å². The van der Waals surface area contributed by atoms with E-state index < -0.39 is 11.8 Å². The lowest BCUT2D eigenvalue weighted by atomic mass is 10.1. The van der Waals surface area contributed by atoms with Crippen LogP contribution in [0.4, 0.5) is 4.39 Å². The van der Waals surface area contributed by atoms with Crippen LogP contribution in [0.1, 0.15) is 10.4 Å². The summed E-state index contributed by atoms with van der Waals surface area (Å²) in [5, 5.41) is 10.4. The minimum Gasteiger partial charge on any atom is -0.478 e. The van der Waals surface area contributed by atoms with Crippen LogP contribution in [0, 0.1) is 5.82 Å². The number of carboxylic acid groups (broad SMARTS) is 1. The molecule has 0 aliphatic carbocycles. The minimum absolute atomic E-state index is 0.117. The molecule has 0 amide bonds. The Morgan fingerprint density at radius 1 is 1.50 bits per heavy atom. The lowest BCUT2D eigenvalue weighted by Crippen LogP contribution is -1.95. The fourth-order valence-electron chi connectivity index (χ4n) is 1.26. The average molecular weight is 228 g/mol. The van der Waals surface area contributed by atoms with Gasteiger partial charge in [-0.1, -0.05) is 0 Å². The molecule has 0 atom stereocenters. The number of thiophene rings is 1. The van der Waals surface area contributed by atoms with Crippen LogP contribution >= 0.6 is 24.0 Å². The van der Waals surface area contributed by atoms with Gasteiger partial charge in [0.05, 0.1) is 10.3 Å². The molecule has 5 heteroatoms. The number of rotatable bonds is 1. The van der Waals surface area contributed by atoms with E-state index in [4.69, 9.17) is 5.11 Å². The second kappa shape index (κ2) is 3.25. The maximum absolute atomic E-state index is 13.2. The van der Waals surface area contributed by atoms with Crippen LogP contribution < -0.4 is 0 Å². The zero-order valence-electron chi connectivity index (χ0n) is 6.82. The topological polar surface area (TPSA) is 37.3 Å². The predicted octanol–water partition coefficient (Wildman–Crippen LogP) is 3.03. The Kier molecular flexibility index (Phi) is 2.20. The first-order chi connectivity index (χ1) is 6.61. The Morgan fingerprint density at radius 2 is 2.21 bits per heavy atom.